The van der Waals surface area contributed by atoms with Gasteiger partial charge in [-0.05, 0) is 126 Å². The second kappa shape index (κ2) is 12.4. The summed E-state index contributed by atoms with van der Waals surface area (Å²) in [4.78, 5) is 47.4. The predicted octanol–water partition coefficient (Wildman–Crippen LogP) is 4.82. The van der Waals surface area contributed by atoms with Gasteiger partial charge in [-0.2, -0.15) is 0 Å². The Morgan fingerprint density at radius 3 is 2.47 bits per heavy atom. The van der Waals surface area contributed by atoms with Crippen LogP contribution in [0.4, 0.5) is 11.4 Å². The van der Waals surface area contributed by atoms with Crippen LogP contribution >= 0.6 is 0 Å². The minimum atomic E-state index is -0.474. The van der Waals surface area contributed by atoms with E-state index in [1.54, 1.807) is 0 Å². The van der Waals surface area contributed by atoms with Crippen molar-refractivity contribution in [2.45, 2.75) is 71.4 Å². The van der Waals surface area contributed by atoms with E-state index in [1.165, 1.54) is 0 Å². The number of hydrogen-bond donors (Lipinski definition) is 3. The Morgan fingerprint density at radius 1 is 1.04 bits per heavy atom. The molecule has 0 saturated carbocycles. The van der Waals surface area contributed by atoms with Gasteiger partial charge < -0.3 is 30.2 Å². The first kappa shape index (κ1) is 31.0. The average molecular weight is 612 g/mol. The molecule has 9 nitrogen and oxygen atoms in total. The van der Waals surface area contributed by atoms with Gasteiger partial charge in [-0.15, -0.1) is 0 Å². The second-order valence-corrected chi connectivity index (χ2v) is 13.0. The van der Waals surface area contributed by atoms with E-state index in [-0.39, 0.29) is 23.9 Å². The lowest BCUT2D eigenvalue weighted by atomic mass is 9.73. The van der Waals surface area contributed by atoms with Gasteiger partial charge in [0.1, 0.15) is 0 Å². The van der Waals surface area contributed by atoms with Crippen LogP contribution in [0, 0.1) is 20.8 Å². The summed E-state index contributed by atoms with van der Waals surface area (Å²) >= 11 is 0. The zero-order chi connectivity index (χ0) is 31.9. The molecule has 0 radical (unpaired) electrons. The third-order valence-corrected chi connectivity index (χ3v) is 10.2. The number of likely N-dealkylation sites (tertiary alicyclic amines) is 1. The van der Waals surface area contributed by atoms with Crippen LogP contribution in [0.3, 0.4) is 0 Å². The number of anilines is 2. The SMILES string of the molecule is CCN(c1cc(-c2ccc3c(c2)NC(=O)C32CCN(C)CC2)cc(C(=O)NCc2c(C)cc(C)[nH]c2=O)c1C)C1CCOCC1. The Labute approximate surface area is 265 Å². The number of nitrogens with zero attached hydrogens (tertiary/aromatic N) is 2. The molecule has 0 bridgehead atoms. The lowest BCUT2D eigenvalue weighted by Crippen LogP contribution is -2.45. The molecule has 45 heavy (non-hydrogen) atoms. The molecule has 2 fully saturated rings. The number of benzene rings is 2. The van der Waals surface area contributed by atoms with Crippen molar-refractivity contribution in [1.82, 2.24) is 15.2 Å². The van der Waals surface area contributed by atoms with Gasteiger partial charge in [0, 0.05) is 60.5 Å². The molecule has 6 rings (SSSR count). The predicted molar refractivity (Wildman–Crippen MR) is 178 cm³/mol. The molecule has 3 N–H and O–H groups in total. The third-order valence-electron chi connectivity index (χ3n) is 10.2. The maximum atomic E-state index is 13.9. The number of rotatable bonds is 7. The fraction of sp³-hybridized carbons (Fsp3) is 0.472. The number of fused-ring (bicyclic) bond motifs is 2. The molecule has 3 aliphatic heterocycles. The molecule has 0 unspecified atom stereocenters. The summed E-state index contributed by atoms with van der Waals surface area (Å²) in [6, 6.07) is 12.6. The van der Waals surface area contributed by atoms with Crippen molar-refractivity contribution < 1.29 is 14.3 Å². The molecule has 9 heteroatoms. The summed E-state index contributed by atoms with van der Waals surface area (Å²) in [5.41, 5.74) is 7.83. The van der Waals surface area contributed by atoms with Gasteiger partial charge in [0.05, 0.1) is 5.41 Å². The van der Waals surface area contributed by atoms with Crippen molar-refractivity contribution >= 4 is 23.2 Å². The summed E-state index contributed by atoms with van der Waals surface area (Å²) in [5, 5.41) is 6.22. The molecule has 238 valence electrons. The Bertz CT molecular complexity index is 1680. The number of carbonyl (C=O) groups excluding carboxylic acids is 2. The van der Waals surface area contributed by atoms with Gasteiger partial charge in [0.2, 0.25) is 5.91 Å². The molecular formula is C36H45N5O4. The van der Waals surface area contributed by atoms with Gasteiger partial charge in [-0.3, -0.25) is 14.4 Å². The van der Waals surface area contributed by atoms with Crippen LogP contribution in [-0.4, -0.2) is 67.6 Å². The van der Waals surface area contributed by atoms with E-state index in [9.17, 15) is 14.4 Å². The largest absolute Gasteiger partial charge is 0.381 e. The van der Waals surface area contributed by atoms with Gasteiger partial charge >= 0.3 is 0 Å². The van der Waals surface area contributed by atoms with Crippen LogP contribution in [0.1, 0.15) is 70.9 Å². The van der Waals surface area contributed by atoms with Crippen molar-refractivity contribution in [1.29, 1.82) is 0 Å². The number of hydrogen-bond acceptors (Lipinski definition) is 6. The molecule has 3 aromatic rings. The molecular weight excluding hydrogens is 566 g/mol. The van der Waals surface area contributed by atoms with Gasteiger partial charge in [-0.25, -0.2) is 0 Å². The summed E-state index contributed by atoms with van der Waals surface area (Å²) < 4.78 is 5.66. The highest BCUT2D eigenvalue weighted by Gasteiger charge is 2.48. The number of H-pyrrole nitrogens is 1. The fourth-order valence-electron chi connectivity index (χ4n) is 7.49. The summed E-state index contributed by atoms with van der Waals surface area (Å²) in [7, 11) is 2.10. The van der Waals surface area contributed by atoms with Crippen LogP contribution in [0.25, 0.3) is 11.1 Å². The number of amides is 2. The highest BCUT2D eigenvalue weighted by atomic mass is 16.5. The first-order chi connectivity index (χ1) is 21.6. The molecule has 3 aliphatic rings. The molecule has 2 aromatic carbocycles. The first-order valence-corrected chi connectivity index (χ1v) is 16.2. The number of carbonyl (C=O) groups is 2. The van der Waals surface area contributed by atoms with E-state index >= 15 is 0 Å². The maximum Gasteiger partial charge on any atom is 0.253 e. The summed E-state index contributed by atoms with van der Waals surface area (Å²) in [6.45, 7) is 12.1. The zero-order valence-electron chi connectivity index (χ0n) is 27.1. The van der Waals surface area contributed by atoms with Gasteiger partial charge in [-0.1, -0.05) is 12.1 Å². The monoisotopic (exact) mass is 611 g/mol. The maximum absolute atomic E-state index is 13.9. The van der Waals surface area contributed by atoms with E-state index < -0.39 is 5.41 Å². The molecule has 2 saturated heterocycles. The van der Waals surface area contributed by atoms with Crippen LogP contribution in [0.15, 0.2) is 41.2 Å². The molecule has 1 spiro atoms. The van der Waals surface area contributed by atoms with E-state index in [0.29, 0.717) is 17.2 Å². The van der Waals surface area contributed by atoms with E-state index in [4.69, 9.17) is 4.74 Å². The van der Waals surface area contributed by atoms with E-state index in [0.717, 1.165) is 103 Å². The molecule has 2 amide bonds. The van der Waals surface area contributed by atoms with Gasteiger partial charge in [0.15, 0.2) is 0 Å². The van der Waals surface area contributed by atoms with Gasteiger partial charge in [0.25, 0.3) is 11.5 Å². The number of aromatic nitrogens is 1. The lowest BCUT2D eigenvalue weighted by molar-refractivity contribution is -0.122. The highest BCUT2D eigenvalue weighted by molar-refractivity contribution is 6.07. The van der Waals surface area contributed by atoms with Crippen molar-refractivity contribution in [3.8, 4) is 11.1 Å². The van der Waals surface area contributed by atoms with E-state index in [1.807, 2.05) is 32.9 Å². The number of aromatic amines is 1. The molecule has 0 aliphatic carbocycles. The van der Waals surface area contributed by atoms with Crippen molar-refractivity contribution in [3.05, 3.63) is 80.3 Å². The van der Waals surface area contributed by atoms with Crippen LogP contribution in [0.5, 0.6) is 0 Å². The fourth-order valence-corrected chi connectivity index (χ4v) is 7.49. The number of piperidine rings is 1. The highest BCUT2D eigenvalue weighted by Crippen LogP contribution is 2.46. The standard InChI is InChI=1S/C36H45N5O4/c1-6-41(27-9-15-45-16-10-27)32-20-26(18-28(24(32)4)33(42)37-21-29-22(2)17-23(3)38-34(29)43)25-7-8-30-31(19-25)39-35(44)36(30)11-13-40(5)14-12-36/h7-8,17-20,27H,6,9-16,21H2,1-5H3,(H,37,42)(H,38,43)(H,39,44). The molecule has 4 heterocycles. The summed E-state index contributed by atoms with van der Waals surface area (Å²) in [6.07, 6.45) is 3.47. The topological polar surface area (TPSA) is 107 Å². The quantitative estimate of drug-likeness (QED) is 0.354. The normalized spacial score (nSPS) is 18.1. The number of aryl methyl sites for hydroxylation is 2. The van der Waals surface area contributed by atoms with Crippen LogP contribution in [-0.2, 0) is 21.5 Å². The number of nitrogens with one attached hydrogen (secondary N) is 3. The van der Waals surface area contributed by atoms with Crippen LogP contribution < -0.4 is 21.1 Å². The third kappa shape index (κ3) is 5.79. The Hall–Kier alpha value is -3.95. The molecule has 0 atom stereocenters. The molecule has 1 aromatic heterocycles. The zero-order valence-corrected chi connectivity index (χ0v) is 27.1. The van der Waals surface area contributed by atoms with Crippen molar-refractivity contribution in [3.63, 3.8) is 0 Å². The second-order valence-electron chi connectivity index (χ2n) is 13.0. The van der Waals surface area contributed by atoms with Crippen molar-refractivity contribution in [2.75, 3.05) is 50.1 Å². The number of ether oxygens (including phenoxy) is 1. The summed E-state index contributed by atoms with van der Waals surface area (Å²) in [5.74, 6) is -0.136. The minimum absolute atomic E-state index is 0.0884. The lowest BCUT2D eigenvalue weighted by Gasteiger charge is -2.37. The van der Waals surface area contributed by atoms with E-state index in [2.05, 4.69) is 63.7 Å². The smallest absolute Gasteiger partial charge is 0.253 e. The number of pyridine rings is 1. The Balaban J connectivity index is 1.39. The first-order valence-electron chi connectivity index (χ1n) is 16.2. The Morgan fingerprint density at radius 2 is 1.78 bits per heavy atom. The Kier molecular flexibility index (Phi) is 8.59. The van der Waals surface area contributed by atoms with Crippen LogP contribution in [0.2, 0.25) is 0 Å². The minimum Gasteiger partial charge on any atom is -0.381 e. The average Bonchev–Trinajstić information content (AvgIpc) is 3.29. The van der Waals surface area contributed by atoms with Crippen molar-refractivity contribution in [2.24, 2.45) is 0 Å².